The summed E-state index contributed by atoms with van der Waals surface area (Å²) in [6.45, 7) is 0.519. The smallest absolute Gasteiger partial charge is 0.238 e. The van der Waals surface area contributed by atoms with Crippen molar-refractivity contribution in [1.82, 2.24) is 10.3 Å². The molecule has 1 aromatic heterocycles. The third-order valence-corrected chi connectivity index (χ3v) is 2.81. The zero-order valence-corrected chi connectivity index (χ0v) is 10.9. The van der Waals surface area contributed by atoms with E-state index in [0.717, 1.165) is 5.39 Å². The number of carbonyl (C=O) groups excluding carboxylic acids is 1. The van der Waals surface area contributed by atoms with Crippen LogP contribution in [-0.4, -0.2) is 24.0 Å². The van der Waals surface area contributed by atoms with E-state index in [9.17, 15) is 4.79 Å². The minimum Gasteiger partial charge on any atom is -0.324 e. The Morgan fingerprint density at radius 2 is 2.26 bits per heavy atom. The molecule has 2 N–H and O–H groups in total. The number of amides is 1. The summed E-state index contributed by atoms with van der Waals surface area (Å²) in [7, 11) is 0. The maximum Gasteiger partial charge on any atom is 0.238 e. The van der Waals surface area contributed by atoms with Crippen LogP contribution >= 0.6 is 11.6 Å². The van der Waals surface area contributed by atoms with E-state index in [1.807, 2.05) is 6.07 Å². The maximum absolute atomic E-state index is 11.7. The third-order valence-electron chi connectivity index (χ3n) is 2.51. The number of terminal acetylenes is 1. The molecule has 0 atom stereocenters. The molecule has 0 fully saturated rings. The molecule has 2 rings (SSSR count). The van der Waals surface area contributed by atoms with E-state index in [-0.39, 0.29) is 12.5 Å². The van der Waals surface area contributed by atoms with Crippen LogP contribution in [0.5, 0.6) is 0 Å². The summed E-state index contributed by atoms with van der Waals surface area (Å²) in [5, 5.41) is 6.99. The highest BCUT2D eigenvalue weighted by Gasteiger charge is 2.08. The van der Waals surface area contributed by atoms with Crippen LogP contribution in [0.4, 0.5) is 5.69 Å². The average molecular weight is 274 g/mol. The van der Waals surface area contributed by atoms with Crippen LogP contribution in [0.15, 0.2) is 30.5 Å². The largest absolute Gasteiger partial charge is 0.324 e. The number of rotatable bonds is 4. The van der Waals surface area contributed by atoms with Crippen molar-refractivity contribution in [3.63, 3.8) is 0 Å². The van der Waals surface area contributed by atoms with Crippen molar-refractivity contribution in [3.05, 3.63) is 35.5 Å². The minimum atomic E-state index is -0.164. The lowest BCUT2D eigenvalue weighted by Gasteiger charge is -2.09. The first-order valence-corrected chi connectivity index (χ1v) is 6.07. The highest BCUT2D eigenvalue weighted by Crippen LogP contribution is 2.27. The quantitative estimate of drug-likeness (QED) is 0.662. The molecule has 4 nitrogen and oxygen atoms in total. The second-order valence-corrected chi connectivity index (χ2v) is 4.26. The third kappa shape index (κ3) is 3.22. The predicted octanol–water partition coefficient (Wildman–Crippen LogP) is 2.05. The van der Waals surface area contributed by atoms with E-state index in [2.05, 4.69) is 21.5 Å². The average Bonchev–Trinajstić information content (AvgIpc) is 2.43. The van der Waals surface area contributed by atoms with Gasteiger partial charge < -0.3 is 5.32 Å². The molecule has 0 radical (unpaired) electrons. The van der Waals surface area contributed by atoms with Crippen LogP contribution in [0.3, 0.4) is 0 Å². The van der Waals surface area contributed by atoms with Crippen molar-refractivity contribution in [2.45, 2.75) is 0 Å². The van der Waals surface area contributed by atoms with E-state index >= 15 is 0 Å². The van der Waals surface area contributed by atoms with E-state index < -0.39 is 0 Å². The molecule has 1 aromatic carbocycles. The highest BCUT2D eigenvalue weighted by molar-refractivity contribution is 6.35. The van der Waals surface area contributed by atoms with Gasteiger partial charge in [0.15, 0.2) is 0 Å². The van der Waals surface area contributed by atoms with Crippen LogP contribution in [0.1, 0.15) is 0 Å². The standard InChI is InChI=1S/C14H12ClN3O/c1-2-7-16-9-13(19)18-12-6-5-11(15)14-10(12)4-3-8-17-14/h1,3-6,8,16H,7,9H2,(H,18,19). The second kappa shape index (κ2) is 6.19. The summed E-state index contributed by atoms with van der Waals surface area (Å²) in [5.41, 5.74) is 1.35. The van der Waals surface area contributed by atoms with Crippen LogP contribution in [0.25, 0.3) is 10.9 Å². The van der Waals surface area contributed by atoms with Crippen LogP contribution in [-0.2, 0) is 4.79 Å². The Labute approximate surface area is 116 Å². The minimum absolute atomic E-state index is 0.161. The molecule has 0 aliphatic rings. The molecular weight excluding hydrogens is 262 g/mol. The zero-order chi connectivity index (χ0) is 13.7. The van der Waals surface area contributed by atoms with Gasteiger partial charge in [-0.25, -0.2) is 0 Å². The fourth-order valence-electron chi connectivity index (χ4n) is 1.69. The topological polar surface area (TPSA) is 54.0 Å². The number of benzene rings is 1. The SMILES string of the molecule is C#CCNCC(=O)Nc1ccc(Cl)c2ncccc12. The van der Waals surface area contributed by atoms with Crippen molar-refractivity contribution in [2.24, 2.45) is 0 Å². The van der Waals surface area contributed by atoms with Crippen molar-refractivity contribution >= 4 is 34.1 Å². The second-order valence-electron chi connectivity index (χ2n) is 3.85. The summed E-state index contributed by atoms with van der Waals surface area (Å²) < 4.78 is 0. The number of hydrogen-bond donors (Lipinski definition) is 2. The number of nitrogens with one attached hydrogen (secondary N) is 2. The molecule has 5 heteroatoms. The zero-order valence-electron chi connectivity index (χ0n) is 10.1. The molecule has 0 saturated heterocycles. The van der Waals surface area contributed by atoms with Gasteiger partial charge in [-0.3, -0.25) is 15.1 Å². The molecule has 0 saturated carbocycles. The lowest BCUT2D eigenvalue weighted by atomic mass is 10.2. The van der Waals surface area contributed by atoms with E-state index in [1.165, 1.54) is 0 Å². The van der Waals surface area contributed by atoms with Gasteiger partial charge in [0.1, 0.15) is 0 Å². The molecule has 1 amide bonds. The van der Waals surface area contributed by atoms with Gasteiger partial charge in [-0.1, -0.05) is 17.5 Å². The number of aromatic nitrogens is 1. The Kier molecular flexibility index (Phi) is 4.35. The Hall–Kier alpha value is -2.09. The van der Waals surface area contributed by atoms with Gasteiger partial charge in [0.05, 0.1) is 29.3 Å². The summed E-state index contributed by atoms with van der Waals surface area (Å²) >= 11 is 6.06. The van der Waals surface area contributed by atoms with E-state index in [4.69, 9.17) is 18.0 Å². The van der Waals surface area contributed by atoms with Gasteiger partial charge in [-0.2, -0.15) is 0 Å². The molecule has 0 bridgehead atoms. The van der Waals surface area contributed by atoms with Gasteiger partial charge in [0.25, 0.3) is 0 Å². The molecule has 0 aliphatic carbocycles. The normalized spacial score (nSPS) is 10.1. The highest BCUT2D eigenvalue weighted by atomic mass is 35.5. The Morgan fingerprint density at radius 3 is 3.05 bits per heavy atom. The molecule has 1 heterocycles. The number of anilines is 1. The van der Waals surface area contributed by atoms with Crippen LogP contribution < -0.4 is 10.6 Å². The lowest BCUT2D eigenvalue weighted by molar-refractivity contribution is -0.115. The van der Waals surface area contributed by atoms with Gasteiger partial charge >= 0.3 is 0 Å². The van der Waals surface area contributed by atoms with Gasteiger partial charge in [-0.05, 0) is 24.3 Å². The van der Waals surface area contributed by atoms with Gasteiger partial charge in [0.2, 0.25) is 5.91 Å². The molecule has 2 aromatic rings. The Morgan fingerprint density at radius 1 is 1.42 bits per heavy atom. The molecular formula is C14H12ClN3O. The Balaban J connectivity index is 2.20. The fourth-order valence-corrected chi connectivity index (χ4v) is 1.90. The number of nitrogens with zero attached hydrogens (tertiary/aromatic N) is 1. The Bertz CT molecular complexity index is 649. The molecule has 0 unspecified atom stereocenters. The monoisotopic (exact) mass is 273 g/mol. The van der Waals surface area contributed by atoms with Crippen LogP contribution in [0, 0.1) is 12.3 Å². The summed E-state index contributed by atoms with van der Waals surface area (Å²) in [5.74, 6) is 2.24. The molecule has 0 aliphatic heterocycles. The fraction of sp³-hybridized carbons (Fsp3) is 0.143. The van der Waals surface area contributed by atoms with Crippen molar-refractivity contribution in [1.29, 1.82) is 0 Å². The number of halogens is 1. The summed E-state index contributed by atoms with van der Waals surface area (Å²) in [6, 6.07) is 7.12. The van der Waals surface area contributed by atoms with Crippen molar-refractivity contribution < 1.29 is 4.79 Å². The first-order valence-electron chi connectivity index (χ1n) is 5.69. The van der Waals surface area contributed by atoms with Crippen LogP contribution in [0.2, 0.25) is 5.02 Å². The van der Waals surface area contributed by atoms with E-state index in [0.29, 0.717) is 22.8 Å². The first kappa shape index (κ1) is 13.3. The van der Waals surface area contributed by atoms with Crippen molar-refractivity contribution in [2.75, 3.05) is 18.4 Å². The molecule has 0 spiro atoms. The number of hydrogen-bond acceptors (Lipinski definition) is 3. The van der Waals surface area contributed by atoms with E-state index in [1.54, 1.807) is 24.4 Å². The van der Waals surface area contributed by atoms with Gasteiger partial charge in [-0.15, -0.1) is 6.42 Å². The lowest BCUT2D eigenvalue weighted by Crippen LogP contribution is -2.28. The maximum atomic E-state index is 11.7. The molecule has 19 heavy (non-hydrogen) atoms. The predicted molar refractivity (Wildman–Crippen MR) is 77.1 cm³/mol. The number of pyridine rings is 1. The summed E-state index contributed by atoms with van der Waals surface area (Å²) in [6.07, 6.45) is 6.75. The number of fused-ring (bicyclic) bond motifs is 1. The van der Waals surface area contributed by atoms with Gasteiger partial charge in [0, 0.05) is 11.6 Å². The first-order chi connectivity index (χ1) is 9.22. The number of carbonyl (C=O) groups is 1. The summed E-state index contributed by atoms with van der Waals surface area (Å²) in [4.78, 5) is 15.9. The van der Waals surface area contributed by atoms with Crippen molar-refractivity contribution in [3.8, 4) is 12.3 Å². The molecule has 96 valence electrons.